The van der Waals surface area contributed by atoms with Gasteiger partial charge in [-0.1, -0.05) is 13.3 Å². The number of alkyl halides is 3. The van der Waals surface area contributed by atoms with Crippen molar-refractivity contribution in [1.82, 2.24) is 19.7 Å². The summed E-state index contributed by atoms with van der Waals surface area (Å²) in [6, 6.07) is 5.95. The summed E-state index contributed by atoms with van der Waals surface area (Å²) < 4.78 is 53.3. The molecule has 0 aliphatic heterocycles. The maximum Gasteiger partial charge on any atom is 0.450 e. The van der Waals surface area contributed by atoms with Crippen molar-refractivity contribution in [3.8, 4) is 11.6 Å². The highest BCUT2D eigenvalue weighted by Gasteiger charge is 2.54. The van der Waals surface area contributed by atoms with Gasteiger partial charge in [-0.3, -0.25) is 14.0 Å². The third kappa shape index (κ3) is 4.99. The van der Waals surface area contributed by atoms with Crippen LogP contribution in [-0.2, 0) is 6.18 Å². The van der Waals surface area contributed by atoms with Crippen LogP contribution in [0.4, 0.5) is 13.2 Å². The molecule has 202 valence electrons. The molecule has 3 heterocycles. The molecule has 0 radical (unpaired) electrons. The zero-order valence-corrected chi connectivity index (χ0v) is 20.8. The molecule has 1 spiro atoms. The maximum absolute atomic E-state index is 13.7. The number of nitrogens with one attached hydrogen (secondary N) is 1. The Bertz CT molecular complexity index is 1360. The van der Waals surface area contributed by atoms with Crippen LogP contribution < -0.4 is 20.5 Å². The molecule has 2 aliphatic rings. The minimum absolute atomic E-state index is 0.0115. The van der Waals surface area contributed by atoms with Gasteiger partial charge in [-0.05, 0) is 61.8 Å². The van der Waals surface area contributed by atoms with Crippen LogP contribution in [-0.4, -0.2) is 44.9 Å². The molecule has 0 saturated heterocycles. The van der Waals surface area contributed by atoms with Crippen molar-refractivity contribution in [3.05, 3.63) is 53.7 Å². The number of carbonyl (C=O) groups is 2. The first-order chi connectivity index (χ1) is 18.1. The summed E-state index contributed by atoms with van der Waals surface area (Å²) in [4.78, 5) is 32.3. The Morgan fingerprint density at radius 1 is 1.21 bits per heavy atom. The first-order valence-electron chi connectivity index (χ1n) is 12.5. The van der Waals surface area contributed by atoms with Crippen molar-refractivity contribution in [2.45, 2.75) is 63.8 Å². The van der Waals surface area contributed by atoms with Gasteiger partial charge in [-0.25, -0.2) is 9.97 Å². The summed E-state index contributed by atoms with van der Waals surface area (Å²) in [7, 11) is 0. The lowest BCUT2D eigenvalue weighted by atomic mass is 9.53. The predicted octanol–water partition coefficient (Wildman–Crippen LogP) is 4.15. The minimum Gasteiger partial charge on any atom is -0.492 e. The molecular weight excluding hydrogens is 503 g/mol. The number of hydrogen-bond acceptors (Lipinski definition) is 6. The fourth-order valence-electron chi connectivity index (χ4n) is 5.35. The summed E-state index contributed by atoms with van der Waals surface area (Å²) in [6.45, 7) is 2.37. The molecule has 2 fully saturated rings. The molecule has 12 heteroatoms. The van der Waals surface area contributed by atoms with E-state index in [-0.39, 0.29) is 46.0 Å². The average Bonchev–Trinajstić information content (AvgIpc) is 3.21. The highest BCUT2D eigenvalue weighted by atomic mass is 19.4. The van der Waals surface area contributed by atoms with E-state index in [9.17, 15) is 22.8 Å². The Morgan fingerprint density at radius 2 is 1.97 bits per heavy atom. The van der Waals surface area contributed by atoms with Crippen LogP contribution in [0.1, 0.15) is 72.1 Å². The zero-order valence-electron chi connectivity index (χ0n) is 20.8. The quantitative estimate of drug-likeness (QED) is 0.401. The number of aromatic nitrogens is 3. The Balaban J connectivity index is 1.21. The molecular formula is C26H28F3N5O4. The molecule has 3 aromatic heterocycles. The molecule has 2 aliphatic carbocycles. The van der Waals surface area contributed by atoms with Crippen molar-refractivity contribution in [2.75, 3.05) is 6.61 Å². The first kappa shape index (κ1) is 25.8. The monoisotopic (exact) mass is 531 g/mol. The third-order valence-corrected chi connectivity index (χ3v) is 7.18. The van der Waals surface area contributed by atoms with E-state index in [1.807, 2.05) is 6.92 Å². The van der Waals surface area contributed by atoms with Crippen molar-refractivity contribution < 1.29 is 32.2 Å². The number of unbranched alkanes of at least 4 members (excludes halogenated alkanes) is 1. The van der Waals surface area contributed by atoms with E-state index >= 15 is 0 Å². The second-order valence-electron chi connectivity index (χ2n) is 10.1. The van der Waals surface area contributed by atoms with Gasteiger partial charge < -0.3 is 20.5 Å². The van der Waals surface area contributed by atoms with Crippen molar-refractivity contribution in [3.63, 3.8) is 0 Å². The number of rotatable bonds is 9. The van der Waals surface area contributed by atoms with E-state index in [0.717, 1.165) is 30.1 Å². The number of carbonyl (C=O) groups excluding carboxylic acids is 2. The number of imidazole rings is 1. The number of nitrogens with zero attached hydrogens (tertiary/aromatic N) is 3. The van der Waals surface area contributed by atoms with E-state index < -0.39 is 23.8 Å². The molecule has 3 N–H and O–H groups in total. The molecule has 3 aromatic rings. The SMILES string of the molecule is CCCCOc1ccc2c(C(=O)NC3CC4(C3)CC(Oc3ncccc3C(N)=O)C4)nc(C(F)(F)F)n2c1. The summed E-state index contributed by atoms with van der Waals surface area (Å²) in [5, 5.41) is 2.83. The number of amides is 2. The van der Waals surface area contributed by atoms with Gasteiger partial charge in [-0.2, -0.15) is 13.2 Å². The van der Waals surface area contributed by atoms with Crippen LogP contribution in [0.25, 0.3) is 5.52 Å². The Kier molecular flexibility index (Phi) is 6.66. The van der Waals surface area contributed by atoms with E-state index in [0.29, 0.717) is 19.4 Å². The van der Waals surface area contributed by atoms with Gasteiger partial charge >= 0.3 is 6.18 Å². The van der Waals surface area contributed by atoms with E-state index in [1.54, 1.807) is 18.2 Å². The summed E-state index contributed by atoms with van der Waals surface area (Å²) >= 11 is 0. The number of halogens is 3. The molecule has 9 nitrogen and oxygen atoms in total. The van der Waals surface area contributed by atoms with Gasteiger partial charge in [0.25, 0.3) is 11.8 Å². The second kappa shape index (κ2) is 9.80. The number of primary amides is 1. The number of fused-ring (bicyclic) bond motifs is 1. The summed E-state index contributed by atoms with van der Waals surface area (Å²) in [5.41, 5.74) is 5.36. The van der Waals surface area contributed by atoms with Crippen molar-refractivity contribution in [1.29, 1.82) is 0 Å². The summed E-state index contributed by atoms with van der Waals surface area (Å²) in [5.74, 6) is -1.96. The van der Waals surface area contributed by atoms with Gasteiger partial charge in [0, 0.05) is 12.2 Å². The number of pyridine rings is 2. The Labute approximate surface area is 216 Å². The number of hydrogen-bond donors (Lipinski definition) is 2. The lowest BCUT2D eigenvalue weighted by molar-refractivity contribution is -0.145. The van der Waals surface area contributed by atoms with Crippen LogP contribution >= 0.6 is 0 Å². The van der Waals surface area contributed by atoms with Crippen LogP contribution in [0.15, 0.2) is 36.7 Å². The van der Waals surface area contributed by atoms with E-state index in [4.69, 9.17) is 15.2 Å². The van der Waals surface area contributed by atoms with Crippen molar-refractivity contribution >= 4 is 17.3 Å². The number of ether oxygens (including phenoxy) is 2. The molecule has 5 rings (SSSR count). The van der Waals surface area contributed by atoms with Crippen LogP contribution in [0.2, 0.25) is 0 Å². The smallest absolute Gasteiger partial charge is 0.450 e. The van der Waals surface area contributed by atoms with Gasteiger partial charge in [-0.15, -0.1) is 0 Å². The first-order valence-corrected chi connectivity index (χ1v) is 12.5. The van der Waals surface area contributed by atoms with Gasteiger partial charge in [0.15, 0.2) is 5.69 Å². The molecule has 38 heavy (non-hydrogen) atoms. The standard InChI is InChI=1S/C26H28F3N5O4/c1-2-3-9-37-16-6-7-19-20(33-24(26(27,28)29)34(19)14-16)22(36)32-15-10-25(11-15)12-17(13-25)38-23-18(21(30)35)5-4-8-31-23/h4-8,14-15,17H,2-3,9-13H2,1H3,(H2,30,35)(H,32,36). The molecule has 2 saturated carbocycles. The second-order valence-corrected chi connectivity index (χ2v) is 10.1. The zero-order chi connectivity index (χ0) is 27.1. The fraction of sp³-hybridized carbons (Fsp3) is 0.462. The summed E-state index contributed by atoms with van der Waals surface area (Å²) in [6.07, 6.45) is 2.34. The Hall–Kier alpha value is -3.83. The Morgan fingerprint density at radius 3 is 2.66 bits per heavy atom. The molecule has 0 aromatic carbocycles. The molecule has 0 unspecified atom stereocenters. The third-order valence-electron chi connectivity index (χ3n) is 7.18. The van der Waals surface area contributed by atoms with Crippen LogP contribution in [0, 0.1) is 5.41 Å². The lowest BCUT2D eigenvalue weighted by Gasteiger charge is -2.57. The van der Waals surface area contributed by atoms with E-state index in [1.165, 1.54) is 18.5 Å². The van der Waals surface area contributed by atoms with Gasteiger partial charge in [0.1, 0.15) is 17.4 Å². The predicted molar refractivity (Wildman–Crippen MR) is 130 cm³/mol. The van der Waals surface area contributed by atoms with Gasteiger partial charge in [0.05, 0.1) is 18.3 Å². The van der Waals surface area contributed by atoms with Crippen molar-refractivity contribution in [2.24, 2.45) is 11.1 Å². The molecule has 0 atom stereocenters. The lowest BCUT2D eigenvalue weighted by Crippen LogP contribution is -2.58. The fourth-order valence-corrected chi connectivity index (χ4v) is 5.35. The topological polar surface area (TPSA) is 121 Å². The molecule has 2 amide bonds. The maximum atomic E-state index is 13.7. The minimum atomic E-state index is -4.74. The highest BCUT2D eigenvalue weighted by molar-refractivity contribution is 5.99. The highest BCUT2D eigenvalue weighted by Crippen LogP contribution is 2.56. The largest absolute Gasteiger partial charge is 0.492 e. The van der Waals surface area contributed by atoms with E-state index in [2.05, 4.69) is 15.3 Å². The number of nitrogens with two attached hydrogens (primary N) is 1. The van der Waals surface area contributed by atoms with Crippen LogP contribution in [0.5, 0.6) is 11.6 Å². The van der Waals surface area contributed by atoms with Gasteiger partial charge in [0.2, 0.25) is 11.7 Å². The average molecular weight is 532 g/mol. The van der Waals surface area contributed by atoms with Crippen LogP contribution in [0.3, 0.4) is 0 Å². The molecule has 0 bridgehead atoms. The normalized spacial score (nSPS) is 22.5.